The summed E-state index contributed by atoms with van der Waals surface area (Å²) in [6.07, 6.45) is 10.6. The minimum atomic E-state index is -0.638. The molecule has 1 heterocycles. The molecular formula is C20H16O6. The number of carbonyl (C=O) groups excluding carboxylic acids is 2. The first-order valence-corrected chi connectivity index (χ1v) is 7.82. The zero-order valence-electron chi connectivity index (χ0n) is 14.2. The number of esters is 2. The first kappa shape index (κ1) is 18.8. The molecule has 6 nitrogen and oxygen atoms in total. The molecule has 0 bridgehead atoms. The van der Waals surface area contributed by atoms with Gasteiger partial charge in [-0.3, -0.25) is 9.59 Å². The molecule has 0 fully saturated rings. The van der Waals surface area contributed by atoms with Crippen LogP contribution in [0, 0.1) is 31.6 Å². The van der Waals surface area contributed by atoms with Crippen molar-refractivity contribution in [3.8, 4) is 36.2 Å². The Kier molecular flexibility index (Phi) is 6.19. The quantitative estimate of drug-likeness (QED) is 0.344. The highest BCUT2D eigenvalue weighted by atomic mass is 16.6. The second-order valence-corrected chi connectivity index (χ2v) is 5.37. The summed E-state index contributed by atoms with van der Waals surface area (Å²) >= 11 is 0. The number of fused-ring (bicyclic) bond motifs is 1. The molecule has 1 aromatic heterocycles. The van der Waals surface area contributed by atoms with Crippen LogP contribution in [0.15, 0.2) is 27.4 Å². The fourth-order valence-electron chi connectivity index (χ4n) is 2.21. The van der Waals surface area contributed by atoms with Crippen LogP contribution < -0.4 is 15.1 Å². The third kappa shape index (κ3) is 4.52. The lowest BCUT2D eigenvalue weighted by molar-refractivity contribution is -0.137. The second-order valence-electron chi connectivity index (χ2n) is 5.37. The maximum Gasteiger partial charge on any atom is 0.336 e. The Balaban J connectivity index is 2.50. The van der Waals surface area contributed by atoms with Crippen molar-refractivity contribution >= 4 is 22.9 Å². The van der Waals surface area contributed by atoms with Gasteiger partial charge in [0.25, 0.3) is 0 Å². The number of hydrogen-bond donors (Lipinski definition) is 0. The average Bonchev–Trinajstić information content (AvgIpc) is 2.60. The highest BCUT2D eigenvalue weighted by Gasteiger charge is 2.20. The lowest BCUT2D eigenvalue weighted by Gasteiger charge is -2.12. The van der Waals surface area contributed by atoms with Crippen LogP contribution in [0.25, 0.3) is 11.0 Å². The van der Waals surface area contributed by atoms with E-state index in [1.807, 2.05) is 0 Å². The number of carbonyl (C=O) groups is 2. The van der Waals surface area contributed by atoms with Gasteiger partial charge in [-0.05, 0) is 24.6 Å². The van der Waals surface area contributed by atoms with E-state index in [9.17, 15) is 14.4 Å². The van der Waals surface area contributed by atoms with E-state index in [1.54, 1.807) is 13.0 Å². The predicted octanol–water partition coefficient (Wildman–Crippen LogP) is 2.74. The van der Waals surface area contributed by atoms with Crippen molar-refractivity contribution in [3.63, 3.8) is 0 Å². The van der Waals surface area contributed by atoms with Gasteiger partial charge in [-0.15, -0.1) is 24.7 Å². The molecule has 1 aromatic carbocycles. The molecule has 0 saturated heterocycles. The van der Waals surface area contributed by atoms with Gasteiger partial charge < -0.3 is 13.9 Å². The minimum absolute atomic E-state index is 0.00319. The fourth-order valence-corrected chi connectivity index (χ4v) is 2.21. The van der Waals surface area contributed by atoms with Crippen molar-refractivity contribution in [2.45, 2.75) is 32.6 Å². The molecule has 6 heteroatoms. The molecule has 132 valence electrons. The number of terminal acetylenes is 2. The molecule has 0 unspecified atom stereocenters. The van der Waals surface area contributed by atoms with Crippen LogP contribution >= 0.6 is 0 Å². The van der Waals surface area contributed by atoms with Crippen LogP contribution in [0.4, 0.5) is 0 Å². The molecule has 0 aliphatic rings. The molecule has 0 radical (unpaired) electrons. The van der Waals surface area contributed by atoms with E-state index in [0.717, 1.165) is 0 Å². The highest BCUT2D eigenvalue weighted by molar-refractivity contribution is 5.91. The Morgan fingerprint density at radius 3 is 2.31 bits per heavy atom. The van der Waals surface area contributed by atoms with Gasteiger partial charge in [-0.25, -0.2) is 4.79 Å². The number of rotatable bonds is 6. The van der Waals surface area contributed by atoms with Gasteiger partial charge in [0.05, 0.1) is 12.8 Å². The molecule has 2 rings (SSSR count). The lowest BCUT2D eigenvalue weighted by Crippen LogP contribution is -2.12. The molecule has 0 aliphatic heterocycles. The minimum Gasteiger partial charge on any atom is -0.422 e. The fraction of sp³-hybridized carbons (Fsp3) is 0.250. The first-order valence-electron chi connectivity index (χ1n) is 7.82. The largest absolute Gasteiger partial charge is 0.422 e. The Labute approximate surface area is 150 Å². The number of ether oxygens (including phenoxy) is 2. The Bertz CT molecular complexity index is 984. The van der Waals surface area contributed by atoms with E-state index < -0.39 is 17.6 Å². The van der Waals surface area contributed by atoms with Crippen molar-refractivity contribution in [2.24, 2.45) is 0 Å². The Hall–Kier alpha value is -3.51. The topological polar surface area (TPSA) is 82.8 Å². The molecule has 0 spiro atoms. The van der Waals surface area contributed by atoms with Gasteiger partial charge in [0.15, 0.2) is 11.3 Å². The summed E-state index contributed by atoms with van der Waals surface area (Å²) in [6, 6.07) is 4.38. The van der Waals surface area contributed by atoms with Crippen LogP contribution in [-0.2, 0) is 9.59 Å². The van der Waals surface area contributed by atoms with Gasteiger partial charge in [0, 0.05) is 24.3 Å². The van der Waals surface area contributed by atoms with Crippen LogP contribution in [0.5, 0.6) is 11.5 Å². The van der Waals surface area contributed by atoms with Crippen molar-refractivity contribution in [1.29, 1.82) is 0 Å². The summed E-state index contributed by atoms with van der Waals surface area (Å²) in [5.74, 6) is 3.25. The average molecular weight is 352 g/mol. The SMILES string of the molecule is C#CCCC(=O)Oc1ccc2c(C)cc(=O)oc2c1OC(=O)CCC#C. The van der Waals surface area contributed by atoms with E-state index in [2.05, 4.69) is 11.8 Å². The molecule has 0 aliphatic carbocycles. The maximum absolute atomic E-state index is 12.0. The standard InChI is InChI=1S/C20H16O6/c1-4-6-8-16(21)24-15-11-10-14-13(3)12-18(23)26-19(14)20(15)25-17(22)9-7-5-2/h1-2,10-12H,6-9H2,3H3. The predicted molar refractivity (Wildman–Crippen MR) is 94.6 cm³/mol. The van der Waals surface area contributed by atoms with Crippen molar-refractivity contribution in [2.75, 3.05) is 0 Å². The summed E-state index contributed by atoms with van der Waals surface area (Å²) in [7, 11) is 0. The van der Waals surface area contributed by atoms with Gasteiger partial charge >= 0.3 is 17.6 Å². The summed E-state index contributed by atoms with van der Waals surface area (Å²) in [5.41, 5.74) is 0.0282. The number of benzene rings is 1. The van der Waals surface area contributed by atoms with Crippen molar-refractivity contribution in [1.82, 2.24) is 0 Å². The molecule has 0 N–H and O–H groups in total. The number of hydrogen-bond acceptors (Lipinski definition) is 6. The maximum atomic E-state index is 12.0. The summed E-state index contributed by atoms with van der Waals surface area (Å²) in [4.78, 5) is 35.6. The summed E-state index contributed by atoms with van der Waals surface area (Å²) in [6.45, 7) is 1.71. The molecule has 0 atom stereocenters. The molecule has 2 aromatic rings. The molecule has 0 amide bonds. The second kappa shape index (κ2) is 8.55. The third-order valence-corrected chi connectivity index (χ3v) is 3.42. The van der Waals surface area contributed by atoms with Crippen LogP contribution in [0.2, 0.25) is 0 Å². The Morgan fingerprint density at radius 1 is 1.08 bits per heavy atom. The molecular weight excluding hydrogens is 336 g/mol. The van der Waals surface area contributed by atoms with E-state index in [1.165, 1.54) is 12.1 Å². The van der Waals surface area contributed by atoms with Crippen molar-refractivity contribution < 1.29 is 23.5 Å². The van der Waals surface area contributed by atoms with Gasteiger partial charge in [0.2, 0.25) is 5.75 Å². The van der Waals surface area contributed by atoms with E-state index in [0.29, 0.717) is 10.9 Å². The smallest absolute Gasteiger partial charge is 0.336 e. The van der Waals surface area contributed by atoms with Crippen LogP contribution in [-0.4, -0.2) is 11.9 Å². The molecule has 26 heavy (non-hydrogen) atoms. The van der Waals surface area contributed by atoms with Gasteiger partial charge in [0.1, 0.15) is 0 Å². The zero-order valence-corrected chi connectivity index (χ0v) is 14.2. The molecule has 0 saturated carbocycles. The van der Waals surface area contributed by atoms with Gasteiger partial charge in [-0.2, -0.15) is 0 Å². The number of aryl methyl sites for hydroxylation is 1. The van der Waals surface area contributed by atoms with Crippen molar-refractivity contribution in [3.05, 3.63) is 34.2 Å². The Morgan fingerprint density at radius 2 is 1.69 bits per heavy atom. The third-order valence-electron chi connectivity index (χ3n) is 3.42. The van der Waals surface area contributed by atoms with Gasteiger partial charge in [-0.1, -0.05) is 0 Å². The lowest BCUT2D eigenvalue weighted by atomic mass is 10.1. The zero-order chi connectivity index (χ0) is 19.1. The highest BCUT2D eigenvalue weighted by Crippen LogP contribution is 2.37. The van der Waals surface area contributed by atoms with Crippen LogP contribution in [0.1, 0.15) is 31.2 Å². The van der Waals surface area contributed by atoms with E-state index in [-0.39, 0.29) is 42.8 Å². The summed E-state index contributed by atoms with van der Waals surface area (Å²) in [5, 5.41) is 0.549. The normalized spacial score (nSPS) is 9.96. The van der Waals surface area contributed by atoms with E-state index in [4.69, 9.17) is 26.7 Å². The summed E-state index contributed by atoms with van der Waals surface area (Å²) < 4.78 is 15.7. The monoisotopic (exact) mass is 352 g/mol. The van der Waals surface area contributed by atoms with Crippen LogP contribution in [0.3, 0.4) is 0 Å². The first-order chi connectivity index (χ1) is 12.5. The van der Waals surface area contributed by atoms with E-state index >= 15 is 0 Å².